The van der Waals surface area contributed by atoms with E-state index < -0.39 is 0 Å². The Labute approximate surface area is 107 Å². The van der Waals surface area contributed by atoms with Gasteiger partial charge in [0.15, 0.2) is 5.82 Å². The Morgan fingerprint density at radius 2 is 2.00 bits per heavy atom. The Morgan fingerprint density at radius 1 is 1.22 bits per heavy atom. The van der Waals surface area contributed by atoms with Crippen LogP contribution in [0, 0.1) is 0 Å². The first-order valence-electron chi connectivity index (χ1n) is 6.33. The number of nitrogens with zero attached hydrogens (tertiary/aromatic N) is 4. The van der Waals surface area contributed by atoms with Crippen LogP contribution in [-0.2, 0) is 20.0 Å². The van der Waals surface area contributed by atoms with Crippen molar-refractivity contribution in [2.75, 3.05) is 5.32 Å². The van der Waals surface area contributed by atoms with Gasteiger partial charge < -0.3 is 5.32 Å². The number of benzene rings is 1. The summed E-state index contributed by atoms with van der Waals surface area (Å²) in [5.74, 6) is 0.701. The van der Waals surface area contributed by atoms with Crippen LogP contribution in [0.15, 0.2) is 24.3 Å². The maximum atomic E-state index is 4.12. The van der Waals surface area contributed by atoms with E-state index >= 15 is 0 Å². The van der Waals surface area contributed by atoms with E-state index in [1.54, 1.807) is 7.05 Å². The smallest absolute Gasteiger partial charge is 0.193 e. The Morgan fingerprint density at radius 3 is 2.61 bits per heavy atom. The third-order valence-corrected chi connectivity index (χ3v) is 2.77. The quantitative estimate of drug-likeness (QED) is 0.847. The summed E-state index contributed by atoms with van der Waals surface area (Å²) in [6.07, 6.45) is 3.64. The molecule has 1 aromatic carbocycles. The second-order valence-corrected chi connectivity index (χ2v) is 4.35. The van der Waals surface area contributed by atoms with Crippen molar-refractivity contribution in [2.45, 2.75) is 32.7 Å². The van der Waals surface area contributed by atoms with Crippen LogP contribution >= 0.6 is 0 Å². The normalized spacial score (nSPS) is 10.6. The topological polar surface area (TPSA) is 55.6 Å². The Balaban J connectivity index is 1.86. The van der Waals surface area contributed by atoms with Gasteiger partial charge >= 0.3 is 0 Å². The molecular weight excluding hydrogens is 226 g/mol. The standard InChI is InChI=1S/C13H19N5/c1-3-4-5-11-6-8-12(9-7-11)14-10-13-15-17-18(2)16-13/h6-9,14H,3-5,10H2,1-2H3. The Bertz CT molecular complexity index is 474. The summed E-state index contributed by atoms with van der Waals surface area (Å²) in [7, 11) is 1.76. The lowest BCUT2D eigenvalue weighted by atomic mass is 10.1. The summed E-state index contributed by atoms with van der Waals surface area (Å²) in [6, 6.07) is 8.53. The molecule has 0 aliphatic carbocycles. The fourth-order valence-electron chi connectivity index (χ4n) is 1.75. The molecule has 0 atom stereocenters. The van der Waals surface area contributed by atoms with Gasteiger partial charge in [0.2, 0.25) is 0 Å². The highest BCUT2D eigenvalue weighted by Crippen LogP contribution is 2.12. The predicted octanol–water partition coefficient (Wildman–Crippen LogP) is 2.16. The molecule has 0 radical (unpaired) electrons. The molecule has 18 heavy (non-hydrogen) atoms. The van der Waals surface area contributed by atoms with Gasteiger partial charge in [0.05, 0.1) is 13.6 Å². The molecule has 1 heterocycles. The molecule has 2 rings (SSSR count). The molecule has 0 amide bonds. The van der Waals surface area contributed by atoms with Crippen LogP contribution in [0.25, 0.3) is 0 Å². The number of anilines is 1. The van der Waals surface area contributed by atoms with Crippen molar-refractivity contribution in [3.63, 3.8) is 0 Å². The zero-order valence-electron chi connectivity index (χ0n) is 10.9. The Kier molecular flexibility index (Phi) is 4.28. The van der Waals surface area contributed by atoms with Crippen LogP contribution < -0.4 is 5.32 Å². The van der Waals surface area contributed by atoms with Crippen molar-refractivity contribution in [3.05, 3.63) is 35.7 Å². The number of hydrogen-bond acceptors (Lipinski definition) is 4. The van der Waals surface area contributed by atoms with Crippen molar-refractivity contribution in [3.8, 4) is 0 Å². The molecule has 0 aliphatic rings. The fourth-order valence-corrected chi connectivity index (χ4v) is 1.75. The van der Waals surface area contributed by atoms with Crippen LogP contribution in [0.1, 0.15) is 31.2 Å². The van der Waals surface area contributed by atoms with E-state index in [0.717, 1.165) is 12.1 Å². The third kappa shape index (κ3) is 3.55. The van der Waals surface area contributed by atoms with E-state index in [2.05, 4.69) is 51.9 Å². The molecule has 2 aromatic rings. The highest BCUT2D eigenvalue weighted by molar-refractivity contribution is 5.44. The van der Waals surface area contributed by atoms with E-state index in [4.69, 9.17) is 0 Å². The molecule has 96 valence electrons. The minimum Gasteiger partial charge on any atom is -0.378 e. The third-order valence-electron chi connectivity index (χ3n) is 2.77. The molecule has 5 nitrogen and oxygen atoms in total. The van der Waals surface area contributed by atoms with Crippen LogP contribution in [0.2, 0.25) is 0 Å². The van der Waals surface area contributed by atoms with Gasteiger partial charge in [-0.1, -0.05) is 25.5 Å². The number of nitrogens with one attached hydrogen (secondary N) is 1. The minimum absolute atomic E-state index is 0.599. The van der Waals surface area contributed by atoms with Gasteiger partial charge in [-0.15, -0.1) is 10.2 Å². The minimum atomic E-state index is 0.599. The average molecular weight is 245 g/mol. The molecule has 1 N–H and O–H groups in total. The second kappa shape index (κ2) is 6.14. The van der Waals surface area contributed by atoms with Gasteiger partial charge in [0, 0.05) is 5.69 Å². The van der Waals surface area contributed by atoms with Gasteiger partial charge in [0.25, 0.3) is 0 Å². The summed E-state index contributed by atoms with van der Waals surface area (Å²) < 4.78 is 0. The lowest BCUT2D eigenvalue weighted by molar-refractivity contribution is 0.628. The van der Waals surface area contributed by atoms with Gasteiger partial charge in [-0.25, -0.2) is 0 Å². The maximum Gasteiger partial charge on any atom is 0.193 e. The van der Waals surface area contributed by atoms with Crippen molar-refractivity contribution < 1.29 is 0 Å². The van der Waals surface area contributed by atoms with E-state index in [1.165, 1.54) is 23.2 Å². The molecule has 0 unspecified atom stereocenters. The van der Waals surface area contributed by atoms with Crippen LogP contribution in [-0.4, -0.2) is 20.2 Å². The SMILES string of the molecule is CCCCc1ccc(NCc2nnn(C)n2)cc1. The lowest BCUT2D eigenvalue weighted by Crippen LogP contribution is -2.02. The van der Waals surface area contributed by atoms with Crippen molar-refractivity contribution in [1.82, 2.24) is 20.2 Å². The van der Waals surface area contributed by atoms with Crippen molar-refractivity contribution in [2.24, 2.45) is 7.05 Å². The molecule has 0 aliphatic heterocycles. The zero-order chi connectivity index (χ0) is 12.8. The van der Waals surface area contributed by atoms with E-state index in [0.29, 0.717) is 12.4 Å². The highest BCUT2D eigenvalue weighted by Gasteiger charge is 2.00. The summed E-state index contributed by atoms with van der Waals surface area (Å²) in [6.45, 7) is 2.81. The van der Waals surface area contributed by atoms with Gasteiger partial charge in [0.1, 0.15) is 0 Å². The monoisotopic (exact) mass is 245 g/mol. The van der Waals surface area contributed by atoms with Gasteiger partial charge in [-0.05, 0) is 35.8 Å². The van der Waals surface area contributed by atoms with Gasteiger partial charge in [-0.3, -0.25) is 0 Å². The first kappa shape index (κ1) is 12.5. The lowest BCUT2D eigenvalue weighted by Gasteiger charge is -2.05. The fraction of sp³-hybridized carbons (Fsp3) is 0.462. The number of aromatic nitrogens is 4. The largest absolute Gasteiger partial charge is 0.378 e. The molecule has 0 fully saturated rings. The van der Waals surface area contributed by atoms with Crippen LogP contribution in [0.3, 0.4) is 0 Å². The average Bonchev–Trinajstić information content (AvgIpc) is 2.81. The number of unbranched alkanes of at least 4 members (excludes halogenated alkanes) is 1. The number of tetrazole rings is 1. The number of hydrogen-bond donors (Lipinski definition) is 1. The molecule has 0 saturated carbocycles. The molecule has 1 aromatic heterocycles. The van der Waals surface area contributed by atoms with Crippen molar-refractivity contribution in [1.29, 1.82) is 0 Å². The number of rotatable bonds is 6. The van der Waals surface area contributed by atoms with E-state index in [-0.39, 0.29) is 0 Å². The first-order valence-corrected chi connectivity index (χ1v) is 6.33. The molecule has 0 saturated heterocycles. The van der Waals surface area contributed by atoms with E-state index in [9.17, 15) is 0 Å². The molecule has 0 spiro atoms. The summed E-state index contributed by atoms with van der Waals surface area (Å²) in [5, 5.41) is 15.1. The van der Waals surface area contributed by atoms with E-state index in [1.807, 2.05) is 0 Å². The molecule has 0 bridgehead atoms. The van der Waals surface area contributed by atoms with Gasteiger partial charge in [-0.2, -0.15) is 4.80 Å². The summed E-state index contributed by atoms with van der Waals surface area (Å²) in [5.41, 5.74) is 2.47. The van der Waals surface area contributed by atoms with Crippen molar-refractivity contribution >= 4 is 5.69 Å². The maximum absolute atomic E-state index is 4.12. The predicted molar refractivity (Wildman–Crippen MR) is 71.2 cm³/mol. The second-order valence-electron chi connectivity index (χ2n) is 4.35. The first-order chi connectivity index (χ1) is 8.78. The molecule has 5 heteroatoms. The summed E-state index contributed by atoms with van der Waals surface area (Å²) in [4.78, 5) is 1.46. The van der Waals surface area contributed by atoms with Crippen LogP contribution in [0.5, 0.6) is 0 Å². The molecular formula is C13H19N5. The number of aryl methyl sites for hydroxylation is 2. The Hall–Kier alpha value is -1.91. The highest BCUT2D eigenvalue weighted by atomic mass is 15.6. The van der Waals surface area contributed by atoms with Crippen LogP contribution in [0.4, 0.5) is 5.69 Å². The summed E-state index contributed by atoms with van der Waals surface area (Å²) >= 11 is 0. The zero-order valence-corrected chi connectivity index (χ0v) is 10.9.